The van der Waals surface area contributed by atoms with Gasteiger partial charge in [-0.1, -0.05) is 18.0 Å². The highest BCUT2D eigenvalue weighted by molar-refractivity contribution is 6.30. The van der Waals surface area contributed by atoms with Crippen LogP contribution in [0.25, 0.3) is 0 Å². The molecule has 0 spiro atoms. The molecule has 1 aromatic carbocycles. The van der Waals surface area contributed by atoms with Gasteiger partial charge in [-0.05, 0) is 44.0 Å². The highest BCUT2D eigenvalue weighted by Crippen LogP contribution is 2.37. The molecule has 0 saturated heterocycles. The fourth-order valence-corrected chi connectivity index (χ4v) is 2.41. The summed E-state index contributed by atoms with van der Waals surface area (Å²) in [6.07, 6.45) is 2.80. The standard InChI is InChI=1S/C13H17ClN2O/c1-13(8-2-3-11(13)15)12(17)16-10-6-4-9(14)5-7-10/h4-7,11H,2-3,8,15H2,1H3,(H,16,17). The second-order valence-electron chi connectivity index (χ2n) is 4.88. The second-order valence-corrected chi connectivity index (χ2v) is 5.31. The van der Waals surface area contributed by atoms with Gasteiger partial charge in [-0.25, -0.2) is 0 Å². The zero-order chi connectivity index (χ0) is 12.5. The molecule has 1 aromatic rings. The third-order valence-corrected chi connectivity index (χ3v) is 3.90. The molecule has 0 aliphatic heterocycles. The van der Waals surface area contributed by atoms with Crippen LogP contribution in [0.5, 0.6) is 0 Å². The zero-order valence-corrected chi connectivity index (χ0v) is 10.6. The number of hydrogen-bond acceptors (Lipinski definition) is 2. The molecule has 0 bridgehead atoms. The Morgan fingerprint density at radius 1 is 1.47 bits per heavy atom. The fourth-order valence-electron chi connectivity index (χ4n) is 2.28. The average Bonchev–Trinajstić information content (AvgIpc) is 2.64. The maximum absolute atomic E-state index is 12.2. The summed E-state index contributed by atoms with van der Waals surface area (Å²) in [6.45, 7) is 1.94. The molecule has 17 heavy (non-hydrogen) atoms. The van der Waals surface area contributed by atoms with E-state index in [1.807, 2.05) is 6.92 Å². The minimum Gasteiger partial charge on any atom is -0.327 e. The minimum atomic E-state index is -0.445. The number of amides is 1. The quantitative estimate of drug-likeness (QED) is 0.850. The van der Waals surface area contributed by atoms with Gasteiger partial charge in [0.1, 0.15) is 0 Å². The van der Waals surface area contributed by atoms with Gasteiger partial charge in [-0.2, -0.15) is 0 Å². The number of halogens is 1. The Labute approximate surface area is 106 Å². The molecule has 2 rings (SSSR count). The highest BCUT2D eigenvalue weighted by atomic mass is 35.5. The summed E-state index contributed by atoms with van der Waals surface area (Å²) in [5.74, 6) is 0.00447. The van der Waals surface area contributed by atoms with Crippen molar-refractivity contribution in [3.05, 3.63) is 29.3 Å². The van der Waals surface area contributed by atoms with Gasteiger partial charge in [-0.15, -0.1) is 0 Å². The van der Waals surface area contributed by atoms with E-state index in [1.54, 1.807) is 24.3 Å². The average molecular weight is 253 g/mol. The van der Waals surface area contributed by atoms with E-state index in [-0.39, 0.29) is 11.9 Å². The maximum Gasteiger partial charge on any atom is 0.231 e. The third-order valence-electron chi connectivity index (χ3n) is 3.65. The van der Waals surface area contributed by atoms with Gasteiger partial charge in [-0.3, -0.25) is 4.79 Å². The highest BCUT2D eigenvalue weighted by Gasteiger charge is 2.42. The van der Waals surface area contributed by atoms with Crippen LogP contribution in [0.3, 0.4) is 0 Å². The van der Waals surface area contributed by atoms with Gasteiger partial charge < -0.3 is 11.1 Å². The molecule has 1 saturated carbocycles. The van der Waals surface area contributed by atoms with E-state index in [4.69, 9.17) is 17.3 Å². The van der Waals surface area contributed by atoms with Gasteiger partial charge in [0.15, 0.2) is 0 Å². The summed E-state index contributed by atoms with van der Waals surface area (Å²) >= 11 is 5.79. The van der Waals surface area contributed by atoms with E-state index in [1.165, 1.54) is 0 Å². The van der Waals surface area contributed by atoms with Crippen LogP contribution in [0, 0.1) is 5.41 Å². The smallest absolute Gasteiger partial charge is 0.231 e. The molecule has 4 heteroatoms. The first-order valence-electron chi connectivity index (χ1n) is 5.85. The second kappa shape index (κ2) is 4.67. The van der Waals surface area contributed by atoms with E-state index in [9.17, 15) is 4.79 Å². The Morgan fingerprint density at radius 2 is 2.12 bits per heavy atom. The number of rotatable bonds is 2. The lowest BCUT2D eigenvalue weighted by Crippen LogP contribution is -2.44. The topological polar surface area (TPSA) is 55.1 Å². The van der Waals surface area contributed by atoms with Gasteiger partial charge in [0.25, 0.3) is 0 Å². The van der Waals surface area contributed by atoms with Crippen molar-refractivity contribution in [2.45, 2.75) is 32.2 Å². The summed E-state index contributed by atoms with van der Waals surface area (Å²) in [4.78, 5) is 12.2. The van der Waals surface area contributed by atoms with Crippen LogP contribution < -0.4 is 11.1 Å². The van der Waals surface area contributed by atoms with E-state index >= 15 is 0 Å². The van der Waals surface area contributed by atoms with Crippen LogP contribution in [-0.2, 0) is 4.79 Å². The van der Waals surface area contributed by atoms with Crippen LogP contribution in [0.4, 0.5) is 5.69 Å². The molecule has 3 N–H and O–H groups in total. The molecule has 3 nitrogen and oxygen atoms in total. The first-order chi connectivity index (χ1) is 8.02. The SMILES string of the molecule is CC1(C(=O)Nc2ccc(Cl)cc2)CCCC1N. The van der Waals surface area contributed by atoms with Crippen LogP contribution in [0.2, 0.25) is 5.02 Å². The first kappa shape index (κ1) is 12.4. The normalized spacial score (nSPS) is 28.1. The summed E-state index contributed by atoms with van der Waals surface area (Å²) < 4.78 is 0. The first-order valence-corrected chi connectivity index (χ1v) is 6.23. The lowest BCUT2D eigenvalue weighted by molar-refractivity contribution is -0.125. The van der Waals surface area contributed by atoms with E-state index < -0.39 is 5.41 Å². The lowest BCUT2D eigenvalue weighted by atomic mass is 9.84. The number of anilines is 1. The predicted molar refractivity (Wildman–Crippen MR) is 70.0 cm³/mol. The Kier molecular flexibility index (Phi) is 3.40. The molecule has 0 radical (unpaired) electrons. The molecule has 92 valence electrons. The molecular weight excluding hydrogens is 236 g/mol. The van der Waals surface area contributed by atoms with Crippen molar-refractivity contribution in [3.8, 4) is 0 Å². The van der Waals surface area contributed by atoms with Crippen molar-refractivity contribution in [2.75, 3.05) is 5.32 Å². The van der Waals surface area contributed by atoms with Crippen LogP contribution in [0.15, 0.2) is 24.3 Å². The van der Waals surface area contributed by atoms with Crippen molar-refractivity contribution in [2.24, 2.45) is 11.1 Å². The van der Waals surface area contributed by atoms with Crippen molar-refractivity contribution < 1.29 is 4.79 Å². The molecule has 1 aliphatic carbocycles. The number of carbonyl (C=O) groups excluding carboxylic acids is 1. The molecular formula is C13H17ClN2O. The minimum absolute atomic E-state index is 0.00447. The zero-order valence-electron chi connectivity index (χ0n) is 9.87. The summed E-state index contributed by atoms with van der Waals surface area (Å²) in [5, 5.41) is 3.56. The molecule has 2 unspecified atom stereocenters. The molecule has 1 amide bonds. The largest absolute Gasteiger partial charge is 0.327 e. The Bertz CT molecular complexity index is 418. The number of benzene rings is 1. The fraction of sp³-hybridized carbons (Fsp3) is 0.462. The molecule has 0 heterocycles. The van der Waals surface area contributed by atoms with Gasteiger partial charge in [0, 0.05) is 16.8 Å². The number of nitrogens with one attached hydrogen (secondary N) is 1. The predicted octanol–water partition coefficient (Wildman–Crippen LogP) is 2.80. The Hall–Kier alpha value is -1.06. The molecule has 1 aliphatic rings. The summed E-state index contributed by atoms with van der Waals surface area (Å²) in [5.41, 5.74) is 6.33. The summed E-state index contributed by atoms with van der Waals surface area (Å²) in [6, 6.07) is 7.06. The molecule has 0 aromatic heterocycles. The van der Waals surface area contributed by atoms with Crippen LogP contribution >= 0.6 is 11.6 Å². The van der Waals surface area contributed by atoms with Crippen LogP contribution in [-0.4, -0.2) is 11.9 Å². The monoisotopic (exact) mass is 252 g/mol. The number of hydrogen-bond donors (Lipinski definition) is 2. The van der Waals surface area contributed by atoms with E-state index in [0.717, 1.165) is 24.9 Å². The molecule has 2 atom stereocenters. The van der Waals surface area contributed by atoms with Crippen molar-refractivity contribution >= 4 is 23.2 Å². The van der Waals surface area contributed by atoms with E-state index in [0.29, 0.717) is 5.02 Å². The van der Waals surface area contributed by atoms with Gasteiger partial charge in [0.2, 0.25) is 5.91 Å². The number of nitrogens with two attached hydrogens (primary N) is 1. The van der Waals surface area contributed by atoms with Crippen molar-refractivity contribution in [1.29, 1.82) is 0 Å². The third kappa shape index (κ3) is 2.45. The van der Waals surface area contributed by atoms with Gasteiger partial charge in [0.05, 0.1) is 5.41 Å². The van der Waals surface area contributed by atoms with Crippen LogP contribution in [0.1, 0.15) is 26.2 Å². The lowest BCUT2D eigenvalue weighted by Gasteiger charge is -2.27. The van der Waals surface area contributed by atoms with Gasteiger partial charge >= 0.3 is 0 Å². The Morgan fingerprint density at radius 3 is 2.65 bits per heavy atom. The van der Waals surface area contributed by atoms with Crippen molar-refractivity contribution in [3.63, 3.8) is 0 Å². The van der Waals surface area contributed by atoms with E-state index in [2.05, 4.69) is 5.32 Å². The maximum atomic E-state index is 12.2. The number of carbonyl (C=O) groups is 1. The van der Waals surface area contributed by atoms with Crippen molar-refractivity contribution in [1.82, 2.24) is 0 Å². The Balaban J connectivity index is 2.09. The summed E-state index contributed by atoms with van der Waals surface area (Å²) in [7, 11) is 0. The molecule has 1 fully saturated rings.